The van der Waals surface area contributed by atoms with E-state index in [0.29, 0.717) is 6.42 Å². The molecule has 1 aliphatic heterocycles. The maximum Gasteiger partial charge on any atom is 0.236 e. The smallest absolute Gasteiger partial charge is 0.236 e. The highest BCUT2D eigenvalue weighted by Gasteiger charge is 2.27. The Morgan fingerprint density at radius 2 is 1.44 bits per heavy atom. The van der Waals surface area contributed by atoms with Crippen molar-refractivity contribution in [1.82, 2.24) is 0 Å². The lowest BCUT2D eigenvalue weighted by Crippen LogP contribution is -2.29. The van der Waals surface area contributed by atoms with Gasteiger partial charge in [-0.15, -0.1) is 0 Å². The largest absolute Gasteiger partial charge is 0.497 e. The van der Waals surface area contributed by atoms with Gasteiger partial charge >= 0.3 is 0 Å². The van der Waals surface area contributed by atoms with Crippen molar-refractivity contribution in [3.63, 3.8) is 0 Å². The highest BCUT2D eigenvalue weighted by Crippen LogP contribution is 2.48. The molecule has 0 saturated heterocycles. The molecule has 0 aliphatic carbocycles. The summed E-state index contributed by atoms with van der Waals surface area (Å²) in [6.45, 7) is 0. The van der Waals surface area contributed by atoms with Crippen LogP contribution in [0.1, 0.15) is 5.56 Å². The molecular formula is C21H17NO2S. The summed E-state index contributed by atoms with van der Waals surface area (Å²) in [5.74, 6) is 0.853. The summed E-state index contributed by atoms with van der Waals surface area (Å²) < 4.78 is 5.19. The lowest BCUT2D eigenvalue weighted by Gasteiger charge is -2.31. The Bertz CT molecular complexity index is 876. The van der Waals surface area contributed by atoms with E-state index in [2.05, 4.69) is 12.1 Å². The normalized spacial score (nSPS) is 12.3. The van der Waals surface area contributed by atoms with E-state index in [-0.39, 0.29) is 5.91 Å². The monoisotopic (exact) mass is 347 g/mol. The summed E-state index contributed by atoms with van der Waals surface area (Å²) in [6.07, 6.45) is 0.345. The standard InChI is InChI=1S/C21H17NO2S/c1-24-16-12-10-15(11-13-16)14-21(23)22-17-6-2-4-8-19(17)25-20-9-5-3-7-18(20)22/h2-13H,14H2,1H3. The van der Waals surface area contributed by atoms with E-state index in [1.165, 1.54) is 0 Å². The van der Waals surface area contributed by atoms with Gasteiger partial charge in [0.15, 0.2) is 0 Å². The first-order valence-corrected chi connectivity index (χ1v) is 8.90. The van der Waals surface area contributed by atoms with Gasteiger partial charge in [-0.2, -0.15) is 0 Å². The molecule has 4 heteroatoms. The third kappa shape index (κ3) is 3.01. The molecule has 0 radical (unpaired) electrons. The summed E-state index contributed by atoms with van der Waals surface area (Å²) >= 11 is 1.70. The lowest BCUT2D eigenvalue weighted by molar-refractivity contribution is -0.117. The molecule has 1 heterocycles. The Hall–Kier alpha value is -2.72. The van der Waals surface area contributed by atoms with Gasteiger partial charge in [-0.1, -0.05) is 48.2 Å². The van der Waals surface area contributed by atoms with Crippen LogP contribution >= 0.6 is 11.8 Å². The highest BCUT2D eigenvalue weighted by atomic mass is 32.2. The van der Waals surface area contributed by atoms with Crippen LogP contribution in [0.15, 0.2) is 82.6 Å². The number of amides is 1. The summed E-state index contributed by atoms with van der Waals surface area (Å²) in [5.41, 5.74) is 2.87. The van der Waals surface area contributed by atoms with E-state index in [1.54, 1.807) is 18.9 Å². The molecule has 0 atom stereocenters. The number of para-hydroxylation sites is 2. The molecular weight excluding hydrogens is 330 g/mol. The molecule has 4 rings (SSSR count). The Morgan fingerprint density at radius 3 is 2.00 bits per heavy atom. The average Bonchev–Trinajstić information content (AvgIpc) is 2.66. The molecule has 0 N–H and O–H groups in total. The van der Waals surface area contributed by atoms with Crippen molar-refractivity contribution in [3.05, 3.63) is 78.4 Å². The number of fused-ring (bicyclic) bond motifs is 2. The van der Waals surface area contributed by atoms with Crippen molar-refractivity contribution in [2.24, 2.45) is 0 Å². The zero-order valence-electron chi connectivity index (χ0n) is 13.8. The van der Waals surface area contributed by atoms with Crippen molar-refractivity contribution in [2.45, 2.75) is 16.2 Å². The third-order valence-corrected chi connectivity index (χ3v) is 5.33. The number of anilines is 2. The van der Waals surface area contributed by atoms with Crippen molar-refractivity contribution in [1.29, 1.82) is 0 Å². The second-order valence-corrected chi connectivity index (χ2v) is 6.88. The average molecular weight is 347 g/mol. The fourth-order valence-electron chi connectivity index (χ4n) is 2.97. The number of methoxy groups -OCH3 is 1. The Labute approximate surface area is 151 Å². The van der Waals surface area contributed by atoms with Gasteiger partial charge in [0.1, 0.15) is 5.75 Å². The van der Waals surface area contributed by atoms with Gasteiger partial charge in [0.25, 0.3) is 0 Å². The SMILES string of the molecule is COc1ccc(CC(=O)N2c3ccccc3Sc3ccccc32)cc1. The van der Waals surface area contributed by atoms with E-state index < -0.39 is 0 Å². The first-order valence-electron chi connectivity index (χ1n) is 8.08. The van der Waals surface area contributed by atoms with E-state index in [9.17, 15) is 4.79 Å². The van der Waals surface area contributed by atoms with E-state index in [1.807, 2.05) is 65.6 Å². The number of ether oxygens (including phenoxy) is 1. The fourth-order valence-corrected chi connectivity index (χ4v) is 4.03. The maximum atomic E-state index is 13.1. The van der Waals surface area contributed by atoms with Crippen LogP contribution in [-0.4, -0.2) is 13.0 Å². The highest BCUT2D eigenvalue weighted by molar-refractivity contribution is 7.99. The van der Waals surface area contributed by atoms with Gasteiger partial charge in [-0.25, -0.2) is 0 Å². The molecule has 3 aromatic rings. The predicted octanol–water partition coefficient (Wildman–Crippen LogP) is 5.07. The number of rotatable bonds is 3. The minimum Gasteiger partial charge on any atom is -0.497 e. The van der Waals surface area contributed by atoms with E-state index in [0.717, 1.165) is 32.5 Å². The van der Waals surface area contributed by atoms with E-state index >= 15 is 0 Å². The molecule has 3 aromatic carbocycles. The third-order valence-electron chi connectivity index (χ3n) is 4.20. The van der Waals surface area contributed by atoms with Crippen molar-refractivity contribution in [2.75, 3.05) is 12.0 Å². The molecule has 1 amide bonds. The number of hydrogen-bond acceptors (Lipinski definition) is 3. The first-order chi connectivity index (χ1) is 12.3. The Balaban J connectivity index is 1.70. The van der Waals surface area contributed by atoms with Crippen LogP contribution in [0.3, 0.4) is 0 Å². The van der Waals surface area contributed by atoms with Crippen LogP contribution < -0.4 is 9.64 Å². The lowest BCUT2D eigenvalue weighted by atomic mass is 10.1. The molecule has 0 bridgehead atoms. The molecule has 1 aliphatic rings. The molecule has 0 spiro atoms. The minimum absolute atomic E-state index is 0.0605. The Kier molecular flexibility index (Phi) is 4.20. The summed E-state index contributed by atoms with van der Waals surface area (Å²) in [6, 6.07) is 23.7. The van der Waals surface area contributed by atoms with Crippen LogP contribution in [-0.2, 0) is 11.2 Å². The number of carbonyl (C=O) groups is 1. The topological polar surface area (TPSA) is 29.5 Å². The quantitative estimate of drug-likeness (QED) is 0.663. The maximum absolute atomic E-state index is 13.1. The zero-order valence-corrected chi connectivity index (χ0v) is 14.6. The van der Waals surface area contributed by atoms with Crippen molar-refractivity contribution >= 4 is 29.0 Å². The van der Waals surface area contributed by atoms with Crippen LogP contribution in [0.5, 0.6) is 5.75 Å². The van der Waals surface area contributed by atoms with Crippen molar-refractivity contribution < 1.29 is 9.53 Å². The van der Waals surface area contributed by atoms with Gasteiger partial charge in [0, 0.05) is 9.79 Å². The second-order valence-electron chi connectivity index (χ2n) is 5.79. The molecule has 3 nitrogen and oxygen atoms in total. The number of carbonyl (C=O) groups excluding carboxylic acids is 1. The summed E-state index contributed by atoms with van der Waals surface area (Å²) in [4.78, 5) is 17.2. The number of benzene rings is 3. The molecule has 0 aromatic heterocycles. The zero-order chi connectivity index (χ0) is 17.2. The van der Waals surface area contributed by atoms with Gasteiger partial charge < -0.3 is 4.74 Å². The van der Waals surface area contributed by atoms with Crippen molar-refractivity contribution in [3.8, 4) is 5.75 Å². The van der Waals surface area contributed by atoms with Crippen LogP contribution in [0.4, 0.5) is 11.4 Å². The van der Waals surface area contributed by atoms with E-state index in [4.69, 9.17) is 4.74 Å². The molecule has 124 valence electrons. The molecule has 0 unspecified atom stereocenters. The van der Waals surface area contributed by atoms with Crippen LogP contribution in [0.25, 0.3) is 0 Å². The van der Waals surface area contributed by atoms with Gasteiger partial charge in [-0.05, 0) is 42.0 Å². The fraction of sp³-hybridized carbons (Fsp3) is 0.0952. The first kappa shape index (κ1) is 15.8. The van der Waals surface area contributed by atoms with Crippen LogP contribution in [0, 0.1) is 0 Å². The van der Waals surface area contributed by atoms with Crippen LogP contribution in [0.2, 0.25) is 0 Å². The summed E-state index contributed by atoms with van der Waals surface area (Å²) in [5, 5.41) is 0. The minimum atomic E-state index is 0.0605. The number of hydrogen-bond donors (Lipinski definition) is 0. The van der Waals surface area contributed by atoms with Gasteiger partial charge in [-0.3, -0.25) is 9.69 Å². The Morgan fingerprint density at radius 1 is 0.880 bits per heavy atom. The molecule has 0 fully saturated rings. The number of nitrogens with zero attached hydrogens (tertiary/aromatic N) is 1. The predicted molar refractivity (Wildman–Crippen MR) is 101 cm³/mol. The van der Waals surface area contributed by atoms with Gasteiger partial charge in [0.05, 0.1) is 24.9 Å². The summed E-state index contributed by atoms with van der Waals surface area (Å²) in [7, 11) is 1.64. The van der Waals surface area contributed by atoms with Gasteiger partial charge in [0.2, 0.25) is 5.91 Å². The molecule has 0 saturated carbocycles. The molecule has 25 heavy (non-hydrogen) atoms. The second kappa shape index (κ2) is 6.65.